The molecule has 0 bridgehead atoms. The van der Waals surface area contributed by atoms with E-state index in [-0.39, 0.29) is 11.5 Å². The van der Waals surface area contributed by atoms with Gasteiger partial charge in [0.15, 0.2) is 80.5 Å². The maximum absolute atomic E-state index is 11.0. The highest BCUT2D eigenvalue weighted by atomic mass is 16.6. The van der Waals surface area contributed by atoms with Crippen molar-refractivity contribution in [3.63, 3.8) is 0 Å². The van der Waals surface area contributed by atoms with Crippen LogP contribution >= 0.6 is 0 Å². The van der Waals surface area contributed by atoms with Crippen molar-refractivity contribution in [1.29, 1.82) is 0 Å². The molecule has 0 aromatic heterocycles. The van der Waals surface area contributed by atoms with Gasteiger partial charge in [0.05, 0.1) is 5.56 Å². The molecule has 0 aliphatic carbocycles. The van der Waals surface area contributed by atoms with Gasteiger partial charge in [0.25, 0.3) is 0 Å². The van der Waals surface area contributed by atoms with Gasteiger partial charge < -0.3 is 120 Å². The standard InChI is InChI=1S/C48H34O24/c49-17-1-18(50)3-21(2-17)67-43-32(59)8-22(9-33(43)60)68-46-30(57)4-19(51)6-39(46)71-44-34(61)10-23(11-35(44)62)69-47-31(58)5-20(52)7-40(47)72-45-36(63)12-24(13-37(45)64)70-48-38(65)16-29(56)41(42(48)66)25-14-27(54)28(55)15-26(25)53/h1-16,49-66H. The Hall–Kier alpha value is -11.0. The maximum atomic E-state index is 11.0. The third-order valence-electron chi connectivity index (χ3n) is 9.87. The van der Waals surface area contributed by atoms with Crippen molar-refractivity contribution in [3.8, 4) is 184 Å². The van der Waals surface area contributed by atoms with Crippen LogP contribution in [0.3, 0.4) is 0 Å². The monoisotopic (exact) mass is 994 g/mol. The number of benzene rings is 8. The van der Waals surface area contributed by atoms with Gasteiger partial charge in [-0.15, -0.1) is 0 Å². The van der Waals surface area contributed by atoms with Crippen molar-refractivity contribution in [2.45, 2.75) is 0 Å². The van der Waals surface area contributed by atoms with Crippen molar-refractivity contribution in [2.75, 3.05) is 0 Å². The van der Waals surface area contributed by atoms with Gasteiger partial charge in [0.2, 0.25) is 34.5 Å². The van der Waals surface area contributed by atoms with Crippen LogP contribution < -0.4 is 28.4 Å². The highest BCUT2D eigenvalue weighted by molar-refractivity contribution is 5.86. The summed E-state index contributed by atoms with van der Waals surface area (Å²) in [5, 5.41) is 189. The molecule has 0 heterocycles. The fourth-order valence-electron chi connectivity index (χ4n) is 6.79. The van der Waals surface area contributed by atoms with Gasteiger partial charge in [0, 0.05) is 96.6 Å². The minimum atomic E-state index is -1.02. The quantitative estimate of drug-likeness (QED) is 0.0379. The van der Waals surface area contributed by atoms with Crippen molar-refractivity contribution >= 4 is 0 Å². The van der Waals surface area contributed by atoms with E-state index in [4.69, 9.17) is 28.4 Å². The molecule has 8 rings (SSSR count). The summed E-state index contributed by atoms with van der Waals surface area (Å²) in [7, 11) is 0. The smallest absolute Gasteiger partial charge is 0.211 e. The Bertz CT molecular complexity index is 3390. The first-order valence-electron chi connectivity index (χ1n) is 20.0. The fourth-order valence-corrected chi connectivity index (χ4v) is 6.79. The van der Waals surface area contributed by atoms with Gasteiger partial charge in [-0.2, -0.15) is 0 Å². The van der Waals surface area contributed by atoms with Crippen LogP contribution in [0.5, 0.6) is 172 Å². The number of rotatable bonds is 13. The topological polar surface area (TPSA) is 420 Å². The van der Waals surface area contributed by atoms with E-state index in [9.17, 15) is 91.9 Å². The Kier molecular flexibility index (Phi) is 12.0. The summed E-state index contributed by atoms with van der Waals surface area (Å²) in [6, 6.07) is 13.7. The lowest BCUT2D eigenvalue weighted by molar-refractivity contribution is 0.334. The Morgan fingerprint density at radius 3 is 0.944 bits per heavy atom. The third-order valence-corrected chi connectivity index (χ3v) is 9.87. The van der Waals surface area contributed by atoms with Crippen LogP contribution in [0.2, 0.25) is 0 Å². The third kappa shape index (κ3) is 9.43. The zero-order valence-electron chi connectivity index (χ0n) is 35.7. The van der Waals surface area contributed by atoms with E-state index in [1.165, 1.54) is 0 Å². The number of phenolic OH excluding ortho intramolecular Hbond substituents is 18. The molecule has 8 aromatic rings. The first kappa shape index (κ1) is 47.5. The first-order valence-corrected chi connectivity index (χ1v) is 20.0. The van der Waals surface area contributed by atoms with Crippen LogP contribution in [0, 0.1) is 0 Å². The van der Waals surface area contributed by atoms with E-state index in [0.29, 0.717) is 12.1 Å². The van der Waals surface area contributed by atoms with Crippen LogP contribution in [-0.2, 0) is 0 Å². The molecule has 0 atom stereocenters. The second kappa shape index (κ2) is 18.2. The summed E-state index contributed by atoms with van der Waals surface area (Å²) in [4.78, 5) is 0. The number of aromatic hydroxyl groups is 18. The molecule has 0 aliphatic heterocycles. The molecular formula is C48H34O24. The van der Waals surface area contributed by atoms with Gasteiger partial charge in [-0.1, -0.05) is 0 Å². The lowest BCUT2D eigenvalue weighted by Crippen LogP contribution is -1.95. The summed E-state index contributed by atoms with van der Waals surface area (Å²) < 4.78 is 33.5. The SMILES string of the molecule is Oc1cc(O)cc(Oc2c(O)cc(Oc3c(O)cc(O)cc3Oc3c(O)cc(Oc4c(O)cc(O)cc4Oc4c(O)cc(Oc5c(O)cc(O)c(-c6cc(O)c(O)cc6O)c5O)cc4O)cc3O)cc2O)c1. The Morgan fingerprint density at radius 2 is 0.514 bits per heavy atom. The lowest BCUT2D eigenvalue weighted by Gasteiger charge is -2.18. The highest BCUT2D eigenvalue weighted by Gasteiger charge is 2.27. The number of ether oxygens (including phenoxy) is 6. The zero-order valence-corrected chi connectivity index (χ0v) is 35.7. The molecule has 0 unspecified atom stereocenters. The molecule has 370 valence electrons. The molecule has 18 N–H and O–H groups in total. The van der Waals surface area contributed by atoms with Gasteiger partial charge in [-0.25, -0.2) is 0 Å². The average molecular weight is 995 g/mol. The van der Waals surface area contributed by atoms with Crippen molar-refractivity contribution < 1.29 is 120 Å². The number of hydrogen-bond acceptors (Lipinski definition) is 24. The largest absolute Gasteiger partial charge is 0.508 e. The van der Waals surface area contributed by atoms with E-state index in [1.54, 1.807) is 0 Å². The number of hydrogen-bond donors (Lipinski definition) is 18. The molecule has 8 aromatic carbocycles. The molecule has 72 heavy (non-hydrogen) atoms. The second-order valence-electron chi connectivity index (χ2n) is 15.1. The molecular weight excluding hydrogens is 961 g/mol. The Morgan fingerprint density at radius 1 is 0.208 bits per heavy atom. The molecule has 0 aliphatic rings. The van der Waals surface area contributed by atoms with Gasteiger partial charge in [0.1, 0.15) is 57.5 Å². The molecule has 0 fully saturated rings. The van der Waals surface area contributed by atoms with Crippen molar-refractivity contribution in [2.24, 2.45) is 0 Å². The zero-order chi connectivity index (χ0) is 52.0. The predicted octanol–water partition coefficient (Wildman–Crippen LogP) is 8.81. The molecule has 0 spiro atoms. The summed E-state index contributed by atoms with van der Waals surface area (Å²) in [5.41, 5.74) is -1.01. The van der Waals surface area contributed by atoms with Crippen LogP contribution in [0.15, 0.2) is 97.1 Å². The van der Waals surface area contributed by atoms with Crippen LogP contribution in [0.25, 0.3) is 11.1 Å². The minimum Gasteiger partial charge on any atom is -0.508 e. The molecule has 24 nitrogen and oxygen atoms in total. The van der Waals surface area contributed by atoms with E-state index in [1.807, 2.05) is 0 Å². The Labute approximate surface area is 400 Å². The Balaban J connectivity index is 1.04. The van der Waals surface area contributed by atoms with E-state index < -0.39 is 172 Å². The molecule has 0 radical (unpaired) electrons. The summed E-state index contributed by atoms with van der Waals surface area (Å²) in [6.07, 6.45) is 0. The van der Waals surface area contributed by atoms with Gasteiger partial charge >= 0.3 is 0 Å². The van der Waals surface area contributed by atoms with Gasteiger partial charge in [-0.05, 0) is 6.07 Å². The average Bonchev–Trinajstić information content (AvgIpc) is 3.27. The summed E-state index contributed by atoms with van der Waals surface area (Å²) in [6.45, 7) is 0. The van der Waals surface area contributed by atoms with Gasteiger partial charge in [-0.3, -0.25) is 0 Å². The first-order chi connectivity index (χ1) is 34.0. The second-order valence-corrected chi connectivity index (χ2v) is 15.1. The molecule has 24 heteroatoms. The summed E-state index contributed by atoms with van der Waals surface area (Å²) in [5.74, 6) is -20.8. The number of phenols is 18. The highest BCUT2D eigenvalue weighted by Crippen LogP contribution is 2.56. The fraction of sp³-hybridized carbons (Fsp3) is 0. The van der Waals surface area contributed by atoms with E-state index in [0.717, 1.165) is 84.9 Å². The molecule has 0 amide bonds. The van der Waals surface area contributed by atoms with Crippen molar-refractivity contribution in [1.82, 2.24) is 0 Å². The van der Waals surface area contributed by atoms with E-state index in [2.05, 4.69) is 0 Å². The predicted molar refractivity (Wildman–Crippen MR) is 241 cm³/mol. The maximum Gasteiger partial charge on any atom is 0.211 e. The van der Waals surface area contributed by atoms with Crippen molar-refractivity contribution in [3.05, 3.63) is 97.1 Å². The lowest BCUT2D eigenvalue weighted by atomic mass is 10.0. The van der Waals surface area contributed by atoms with Crippen LogP contribution in [0.4, 0.5) is 0 Å². The normalized spacial score (nSPS) is 10.9. The molecule has 0 saturated heterocycles. The minimum absolute atomic E-state index is 0.184. The summed E-state index contributed by atoms with van der Waals surface area (Å²) >= 11 is 0. The van der Waals surface area contributed by atoms with Crippen LogP contribution in [0.1, 0.15) is 0 Å². The van der Waals surface area contributed by atoms with E-state index >= 15 is 0 Å². The van der Waals surface area contributed by atoms with Crippen LogP contribution in [-0.4, -0.2) is 91.9 Å². The molecule has 0 saturated carbocycles.